The molecule has 11 heteroatoms. The standard InChI is InChI=1S/C24H29ClF2N2O4SSi/c1-34(31,32)22-15-28-23(29(22)16-33-11-12-35(2,3)4)24(30,14-17-5-8-19(26)9-6-17)18-7-10-21(27)20(25)13-18/h5-10,13,15,30H,11-12,14,16H2,1-4H3. The highest BCUT2D eigenvalue weighted by molar-refractivity contribution is 7.90. The zero-order valence-corrected chi connectivity index (χ0v) is 22.6. The Morgan fingerprint density at radius 3 is 2.37 bits per heavy atom. The lowest BCUT2D eigenvalue weighted by atomic mass is 9.86. The number of halogens is 3. The first-order valence-electron chi connectivity index (χ1n) is 11.0. The zero-order chi connectivity index (χ0) is 26.0. The number of aromatic nitrogens is 2. The van der Waals surface area contributed by atoms with E-state index >= 15 is 0 Å². The molecule has 35 heavy (non-hydrogen) atoms. The van der Waals surface area contributed by atoms with Crippen molar-refractivity contribution in [3.63, 3.8) is 0 Å². The van der Waals surface area contributed by atoms with Crippen LogP contribution in [0.4, 0.5) is 8.78 Å². The molecule has 6 nitrogen and oxygen atoms in total. The number of hydrogen-bond acceptors (Lipinski definition) is 5. The summed E-state index contributed by atoms with van der Waals surface area (Å²) in [6, 6.07) is 10.1. The Labute approximate surface area is 210 Å². The minimum absolute atomic E-state index is 0.0158. The molecule has 1 atom stereocenters. The average molecular weight is 543 g/mol. The van der Waals surface area contributed by atoms with Crippen LogP contribution >= 0.6 is 11.6 Å². The minimum Gasteiger partial charge on any atom is -0.377 e. The van der Waals surface area contributed by atoms with Gasteiger partial charge in [0.25, 0.3) is 0 Å². The summed E-state index contributed by atoms with van der Waals surface area (Å²) < 4.78 is 59.6. The zero-order valence-electron chi connectivity index (χ0n) is 20.1. The van der Waals surface area contributed by atoms with Gasteiger partial charge in [-0.25, -0.2) is 22.2 Å². The number of benzene rings is 2. The molecule has 1 heterocycles. The van der Waals surface area contributed by atoms with E-state index in [2.05, 4.69) is 24.6 Å². The van der Waals surface area contributed by atoms with Crippen molar-refractivity contribution in [1.82, 2.24) is 9.55 Å². The number of sulfone groups is 1. The molecule has 2 aromatic carbocycles. The summed E-state index contributed by atoms with van der Waals surface area (Å²) in [6.07, 6.45) is 2.10. The van der Waals surface area contributed by atoms with E-state index in [1.54, 1.807) is 0 Å². The Bertz CT molecular complexity index is 1290. The number of aliphatic hydroxyl groups is 1. The van der Waals surface area contributed by atoms with E-state index in [9.17, 15) is 22.3 Å². The second kappa shape index (κ2) is 10.5. The van der Waals surface area contributed by atoms with Gasteiger partial charge in [-0.05, 0) is 41.4 Å². The van der Waals surface area contributed by atoms with Crippen LogP contribution in [0.2, 0.25) is 30.7 Å². The van der Waals surface area contributed by atoms with Gasteiger partial charge in [0.1, 0.15) is 24.2 Å². The van der Waals surface area contributed by atoms with Crippen molar-refractivity contribution in [2.45, 2.75) is 49.5 Å². The van der Waals surface area contributed by atoms with Crippen molar-refractivity contribution in [2.24, 2.45) is 0 Å². The highest BCUT2D eigenvalue weighted by Gasteiger charge is 2.39. The van der Waals surface area contributed by atoms with E-state index in [1.165, 1.54) is 41.0 Å². The van der Waals surface area contributed by atoms with E-state index in [0.717, 1.165) is 24.6 Å². The molecular weight excluding hydrogens is 514 g/mol. The molecular formula is C24H29ClF2N2O4SSi. The molecule has 3 rings (SSSR count). The van der Waals surface area contributed by atoms with Gasteiger partial charge in [-0.3, -0.25) is 4.57 Å². The molecule has 0 radical (unpaired) electrons. The van der Waals surface area contributed by atoms with Gasteiger partial charge in [-0.1, -0.05) is 49.4 Å². The Morgan fingerprint density at radius 2 is 1.80 bits per heavy atom. The van der Waals surface area contributed by atoms with Gasteiger partial charge < -0.3 is 9.84 Å². The number of ether oxygens (including phenoxy) is 1. The highest BCUT2D eigenvalue weighted by Crippen LogP contribution is 2.36. The first-order valence-corrected chi connectivity index (χ1v) is 16.9. The molecule has 0 aliphatic heterocycles. The first-order chi connectivity index (χ1) is 16.2. The van der Waals surface area contributed by atoms with E-state index in [4.69, 9.17) is 16.3 Å². The van der Waals surface area contributed by atoms with Crippen LogP contribution in [0.1, 0.15) is 17.0 Å². The molecule has 0 aliphatic rings. The fourth-order valence-electron chi connectivity index (χ4n) is 3.61. The van der Waals surface area contributed by atoms with Crippen LogP contribution in [0.3, 0.4) is 0 Å². The summed E-state index contributed by atoms with van der Waals surface area (Å²) in [5, 5.41) is 11.7. The third-order valence-electron chi connectivity index (χ3n) is 5.56. The summed E-state index contributed by atoms with van der Waals surface area (Å²) in [4.78, 5) is 4.28. The van der Waals surface area contributed by atoms with Crippen LogP contribution in [0.5, 0.6) is 0 Å². The van der Waals surface area contributed by atoms with Gasteiger partial charge in [0.15, 0.2) is 20.5 Å². The third kappa shape index (κ3) is 6.76. The van der Waals surface area contributed by atoms with E-state index < -0.39 is 35.1 Å². The molecule has 0 bridgehead atoms. The van der Waals surface area contributed by atoms with Crippen LogP contribution in [-0.4, -0.2) is 44.0 Å². The van der Waals surface area contributed by atoms with Crippen molar-refractivity contribution in [1.29, 1.82) is 0 Å². The Kier molecular flexibility index (Phi) is 8.22. The summed E-state index contributed by atoms with van der Waals surface area (Å²) in [6.45, 7) is 6.83. The van der Waals surface area contributed by atoms with E-state index in [-0.39, 0.29) is 34.6 Å². The predicted octanol–water partition coefficient (Wildman–Crippen LogP) is 5.01. The fraction of sp³-hybridized carbons (Fsp3) is 0.375. The van der Waals surface area contributed by atoms with Crippen LogP contribution in [0.25, 0.3) is 0 Å². The van der Waals surface area contributed by atoms with Crippen LogP contribution in [0, 0.1) is 11.6 Å². The average Bonchev–Trinajstić information content (AvgIpc) is 3.19. The topological polar surface area (TPSA) is 81.4 Å². The molecule has 1 unspecified atom stereocenters. The lowest BCUT2D eigenvalue weighted by molar-refractivity contribution is 0.0395. The summed E-state index contributed by atoms with van der Waals surface area (Å²) in [5.74, 6) is -1.13. The molecule has 0 saturated carbocycles. The molecule has 0 spiro atoms. The van der Waals surface area contributed by atoms with Crippen molar-refractivity contribution in [3.05, 3.63) is 82.3 Å². The van der Waals surface area contributed by atoms with E-state index in [0.29, 0.717) is 12.2 Å². The third-order valence-corrected chi connectivity index (χ3v) is 8.64. The van der Waals surface area contributed by atoms with Crippen molar-refractivity contribution in [2.75, 3.05) is 12.9 Å². The number of hydrogen-bond donors (Lipinski definition) is 1. The van der Waals surface area contributed by atoms with Gasteiger partial charge in [0, 0.05) is 27.4 Å². The maximum absolute atomic E-state index is 13.9. The Hall–Kier alpha value is -2.11. The van der Waals surface area contributed by atoms with Crippen molar-refractivity contribution < 1.29 is 27.0 Å². The summed E-state index contributed by atoms with van der Waals surface area (Å²) >= 11 is 6.01. The lowest BCUT2D eigenvalue weighted by Gasteiger charge is -2.30. The second-order valence-corrected chi connectivity index (χ2v) is 17.8. The van der Waals surface area contributed by atoms with Crippen molar-refractivity contribution >= 4 is 29.5 Å². The highest BCUT2D eigenvalue weighted by atomic mass is 35.5. The fourth-order valence-corrected chi connectivity index (χ4v) is 5.33. The molecule has 0 amide bonds. The smallest absolute Gasteiger partial charge is 0.192 e. The maximum atomic E-state index is 13.9. The summed E-state index contributed by atoms with van der Waals surface area (Å²) in [7, 11) is -5.13. The quantitative estimate of drug-likeness (QED) is 0.288. The first kappa shape index (κ1) is 27.5. The normalized spacial score (nSPS) is 14.2. The molecule has 1 aromatic heterocycles. The number of rotatable bonds is 10. The predicted molar refractivity (Wildman–Crippen MR) is 134 cm³/mol. The molecule has 3 aromatic rings. The van der Waals surface area contributed by atoms with Crippen LogP contribution < -0.4 is 0 Å². The van der Waals surface area contributed by atoms with Gasteiger partial charge >= 0.3 is 0 Å². The SMILES string of the molecule is C[Si](C)(C)CCOCn1c(S(C)(=O)=O)cnc1C(O)(Cc1ccc(F)cc1)c1ccc(F)c(Cl)c1. The van der Waals surface area contributed by atoms with E-state index in [1.807, 2.05) is 0 Å². The maximum Gasteiger partial charge on any atom is 0.192 e. The summed E-state index contributed by atoms with van der Waals surface area (Å²) in [5.41, 5.74) is -1.19. The van der Waals surface area contributed by atoms with Gasteiger partial charge in [-0.15, -0.1) is 0 Å². The van der Waals surface area contributed by atoms with Gasteiger partial charge in [-0.2, -0.15) is 0 Å². The second-order valence-electron chi connectivity index (χ2n) is 9.76. The number of imidazole rings is 1. The van der Waals surface area contributed by atoms with Gasteiger partial charge in [0.05, 0.1) is 11.2 Å². The number of nitrogens with zero attached hydrogens (tertiary/aromatic N) is 2. The molecule has 190 valence electrons. The minimum atomic E-state index is -3.73. The monoisotopic (exact) mass is 542 g/mol. The van der Waals surface area contributed by atoms with Crippen molar-refractivity contribution in [3.8, 4) is 0 Å². The van der Waals surface area contributed by atoms with Gasteiger partial charge in [0.2, 0.25) is 0 Å². The lowest BCUT2D eigenvalue weighted by Crippen LogP contribution is -2.35. The van der Waals surface area contributed by atoms with Crippen LogP contribution in [-0.2, 0) is 33.3 Å². The largest absolute Gasteiger partial charge is 0.377 e. The Balaban J connectivity index is 2.13. The Morgan fingerprint density at radius 1 is 1.14 bits per heavy atom. The molecule has 0 fully saturated rings. The molecule has 0 aliphatic carbocycles. The molecule has 0 saturated heterocycles. The molecule has 1 N–H and O–H groups in total. The van der Waals surface area contributed by atoms with Crippen LogP contribution in [0.15, 0.2) is 53.7 Å².